The van der Waals surface area contributed by atoms with Gasteiger partial charge in [-0.05, 0) is 70.0 Å². The molecule has 0 rings (SSSR count). The number of carbonyl (C=O) groups is 1. The van der Waals surface area contributed by atoms with E-state index in [9.17, 15) is 4.79 Å². The molecule has 0 aliphatic rings. The van der Waals surface area contributed by atoms with Gasteiger partial charge in [0.05, 0.1) is 0 Å². The van der Waals surface area contributed by atoms with Crippen LogP contribution in [-0.4, -0.2) is 16.8 Å². The Kier molecular flexibility index (Phi) is 40.9. The molecule has 1 N–H and O–H groups in total. The fourth-order valence-electron chi connectivity index (χ4n) is 4.71. The Morgan fingerprint density at radius 3 is 1.05 bits per heavy atom. The van der Waals surface area contributed by atoms with Gasteiger partial charge in [-0.25, -0.2) is 0 Å². The molecule has 0 aliphatic carbocycles. The Balaban J connectivity index is 0. The second-order valence-electron chi connectivity index (χ2n) is 11.4. The molecule has 0 heterocycles. The summed E-state index contributed by atoms with van der Waals surface area (Å²) in [5, 5.41) is 8.51. The van der Waals surface area contributed by atoms with Gasteiger partial charge in [0, 0.05) is 6.42 Å². The fraction of sp³-hybridized carbons (Fsp3) is 0.861. The van der Waals surface area contributed by atoms with Crippen molar-refractivity contribution in [1.82, 2.24) is 0 Å². The first-order valence-electron chi connectivity index (χ1n) is 17.3. The third-order valence-corrected chi connectivity index (χ3v) is 7.64. The predicted molar refractivity (Wildman–Crippen MR) is 180 cm³/mol. The lowest BCUT2D eigenvalue weighted by molar-refractivity contribution is -0.137. The van der Waals surface area contributed by atoms with Crippen LogP contribution in [0.1, 0.15) is 194 Å². The number of aliphatic carboxylic acids is 1. The van der Waals surface area contributed by atoms with E-state index in [1.54, 1.807) is 0 Å². The highest BCUT2D eigenvalue weighted by Crippen LogP contribution is 2.11. The molecule has 0 radical (unpaired) electrons. The average Bonchev–Trinajstić information content (AvgIpc) is 2.93. The van der Waals surface area contributed by atoms with E-state index in [2.05, 4.69) is 50.8 Å². The standard InChI is InChI=1S/C18H34O2.C18H36S/c1-2-3-4-5-6-7-8-9-10-11-12-13-14-15-16-17-18(19)20;1-2-3-4-5-6-7-8-9-10-11-12-13-14-15-16-17-18-19/h9-10H,2-8,11-17H2,1H3,(H,19,20);9-10,19H,2-8,11-18H2,1H3. The summed E-state index contributed by atoms with van der Waals surface area (Å²) in [5.74, 6) is 0.392. The Morgan fingerprint density at radius 2 is 0.744 bits per heavy atom. The van der Waals surface area contributed by atoms with Crippen molar-refractivity contribution in [3.63, 3.8) is 0 Å². The van der Waals surface area contributed by atoms with Crippen LogP contribution < -0.4 is 0 Å². The summed E-state index contributed by atoms with van der Waals surface area (Å²) >= 11 is 4.23. The lowest BCUT2D eigenvalue weighted by atomic mass is 10.1. The molecule has 3 heteroatoms. The Labute approximate surface area is 251 Å². The first-order chi connectivity index (χ1) is 19.2. The van der Waals surface area contributed by atoms with Crippen molar-refractivity contribution in [1.29, 1.82) is 0 Å². The van der Waals surface area contributed by atoms with Crippen molar-refractivity contribution < 1.29 is 9.90 Å². The molecule has 0 atom stereocenters. The molecular formula is C36H70O2S. The summed E-state index contributed by atoms with van der Waals surface area (Å²) in [4.78, 5) is 10.3. The molecule has 0 aromatic heterocycles. The third kappa shape index (κ3) is 44.6. The number of hydrogen-bond donors (Lipinski definition) is 2. The van der Waals surface area contributed by atoms with Crippen LogP contribution in [0, 0.1) is 0 Å². The van der Waals surface area contributed by atoms with Crippen LogP contribution in [-0.2, 0) is 4.79 Å². The summed E-state index contributed by atoms with van der Waals surface area (Å²) in [5.41, 5.74) is 0. The fourth-order valence-corrected chi connectivity index (χ4v) is 4.93. The summed E-state index contributed by atoms with van der Waals surface area (Å²) < 4.78 is 0. The van der Waals surface area contributed by atoms with E-state index >= 15 is 0 Å². The first-order valence-corrected chi connectivity index (χ1v) is 17.9. The summed E-state index contributed by atoms with van der Waals surface area (Å²) in [6.45, 7) is 4.54. The predicted octanol–water partition coefficient (Wildman–Crippen LogP) is 13.1. The van der Waals surface area contributed by atoms with Gasteiger partial charge in [0.15, 0.2) is 0 Å². The number of hydrogen-bond acceptors (Lipinski definition) is 2. The molecule has 232 valence electrons. The minimum absolute atomic E-state index is 0.332. The maximum Gasteiger partial charge on any atom is 0.303 e. The van der Waals surface area contributed by atoms with E-state index in [1.165, 1.54) is 161 Å². The second-order valence-corrected chi connectivity index (χ2v) is 11.8. The molecule has 0 spiro atoms. The molecular weight excluding hydrogens is 496 g/mol. The minimum Gasteiger partial charge on any atom is -0.481 e. The van der Waals surface area contributed by atoms with E-state index in [0.29, 0.717) is 6.42 Å². The first kappa shape index (κ1) is 40.4. The highest BCUT2D eigenvalue weighted by molar-refractivity contribution is 7.80. The number of allylic oxidation sites excluding steroid dienone is 4. The number of carboxylic acid groups (broad SMARTS) is 1. The van der Waals surface area contributed by atoms with Crippen LogP contribution in [0.3, 0.4) is 0 Å². The van der Waals surface area contributed by atoms with Crippen LogP contribution in [0.5, 0.6) is 0 Å². The van der Waals surface area contributed by atoms with Crippen LogP contribution in [0.4, 0.5) is 0 Å². The second kappa shape index (κ2) is 39.4. The maximum atomic E-state index is 10.3. The number of carboxylic acids is 1. The Bertz CT molecular complexity index is 500. The molecule has 0 amide bonds. The van der Waals surface area contributed by atoms with Crippen LogP contribution >= 0.6 is 12.6 Å². The van der Waals surface area contributed by atoms with Crippen molar-refractivity contribution in [2.24, 2.45) is 0 Å². The van der Waals surface area contributed by atoms with Crippen molar-refractivity contribution in [2.45, 2.75) is 194 Å². The maximum absolute atomic E-state index is 10.3. The highest BCUT2D eigenvalue weighted by atomic mass is 32.1. The van der Waals surface area contributed by atoms with Gasteiger partial charge in [0.1, 0.15) is 0 Å². The zero-order chi connectivity index (χ0) is 28.9. The highest BCUT2D eigenvalue weighted by Gasteiger charge is 1.96. The van der Waals surface area contributed by atoms with E-state index in [-0.39, 0.29) is 0 Å². The smallest absolute Gasteiger partial charge is 0.303 e. The van der Waals surface area contributed by atoms with E-state index < -0.39 is 5.97 Å². The third-order valence-electron chi connectivity index (χ3n) is 7.32. The summed E-state index contributed by atoms with van der Waals surface area (Å²) in [6, 6.07) is 0. The molecule has 0 bridgehead atoms. The molecule has 0 saturated heterocycles. The molecule has 39 heavy (non-hydrogen) atoms. The lowest BCUT2D eigenvalue weighted by Crippen LogP contribution is -1.93. The summed E-state index contributed by atoms with van der Waals surface area (Å²) in [7, 11) is 0. The number of thiol groups is 1. The SMILES string of the molecule is CCCCCCCCC=CCCCCCCCC(=O)O.CCCCCCCCC=CCCCCCCCCS. The largest absolute Gasteiger partial charge is 0.481 e. The molecule has 0 aromatic rings. The molecule has 0 aliphatic heterocycles. The van der Waals surface area contributed by atoms with Crippen LogP contribution in [0.25, 0.3) is 0 Å². The minimum atomic E-state index is -0.664. The molecule has 2 nitrogen and oxygen atoms in total. The molecule has 0 fully saturated rings. The van der Waals surface area contributed by atoms with Gasteiger partial charge in [0.25, 0.3) is 0 Å². The zero-order valence-electron chi connectivity index (χ0n) is 26.6. The van der Waals surface area contributed by atoms with E-state index in [0.717, 1.165) is 18.6 Å². The van der Waals surface area contributed by atoms with Crippen LogP contribution in [0.2, 0.25) is 0 Å². The van der Waals surface area contributed by atoms with Crippen molar-refractivity contribution in [3.8, 4) is 0 Å². The lowest BCUT2D eigenvalue weighted by Gasteiger charge is -1.99. The van der Waals surface area contributed by atoms with Gasteiger partial charge in [-0.2, -0.15) is 12.6 Å². The number of rotatable bonds is 30. The number of unbranched alkanes of at least 4 members (excludes halogenated alkanes) is 23. The summed E-state index contributed by atoms with van der Waals surface area (Å²) in [6.07, 6.45) is 45.4. The zero-order valence-corrected chi connectivity index (χ0v) is 27.5. The monoisotopic (exact) mass is 567 g/mol. The van der Waals surface area contributed by atoms with E-state index in [1.807, 2.05) is 0 Å². The molecule has 0 unspecified atom stereocenters. The van der Waals surface area contributed by atoms with E-state index in [4.69, 9.17) is 5.11 Å². The average molecular weight is 567 g/mol. The van der Waals surface area contributed by atoms with Gasteiger partial charge in [-0.1, -0.05) is 147 Å². The molecule has 0 saturated carbocycles. The van der Waals surface area contributed by atoms with Crippen molar-refractivity contribution in [2.75, 3.05) is 5.75 Å². The topological polar surface area (TPSA) is 37.3 Å². The van der Waals surface area contributed by atoms with Gasteiger partial charge in [-0.15, -0.1) is 0 Å². The Hall–Kier alpha value is -0.700. The van der Waals surface area contributed by atoms with Gasteiger partial charge >= 0.3 is 5.97 Å². The van der Waals surface area contributed by atoms with Crippen molar-refractivity contribution in [3.05, 3.63) is 24.3 Å². The van der Waals surface area contributed by atoms with Gasteiger partial charge in [-0.3, -0.25) is 4.79 Å². The molecule has 0 aromatic carbocycles. The Morgan fingerprint density at radius 1 is 0.462 bits per heavy atom. The van der Waals surface area contributed by atoms with Gasteiger partial charge in [0.2, 0.25) is 0 Å². The quantitative estimate of drug-likeness (QED) is 0.0515. The normalized spacial score (nSPS) is 11.4. The van der Waals surface area contributed by atoms with Crippen LogP contribution in [0.15, 0.2) is 24.3 Å². The van der Waals surface area contributed by atoms with Crippen molar-refractivity contribution >= 4 is 18.6 Å². The van der Waals surface area contributed by atoms with Gasteiger partial charge < -0.3 is 5.11 Å².